The Labute approximate surface area is 142 Å². The van der Waals surface area contributed by atoms with Crippen molar-refractivity contribution in [2.75, 3.05) is 5.75 Å². The van der Waals surface area contributed by atoms with E-state index in [0.717, 1.165) is 10.6 Å². The van der Waals surface area contributed by atoms with Crippen molar-refractivity contribution < 1.29 is 4.74 Å². The van der Waals surface area contributed by atoms with Crippen LogP contribution in [0.25, 0.3) is 0 Å². The van der Waals surface area contributed by atoms with E-state index in [1.165, 1.54) is 12.1 Å². The molecule has 0 saturated heterocycles. The predicted octanol–water partition coefficient (Wildman–Crippen LogP) is 6.42. The minimum atomic E-state index is 0.335. The fraction of sp³-hybridized carbons (Fsp3) is 0.133. The Kier molecular flexibility index (Phi) is 5.66. The fourth-order valence-corrected chi connectivity index (χ4v) is 3.03. The van der Waals surface area contributed by atoms with Gasteiger partial charge in [-0.1, -0.05) is 47.8 Å². The van der Waals surface area contributed by atoms with Crippen LogP contribution in [0.5, 0.6) is 11.5 Å². The lowest BCUT2D eigenvalue weighted by molar-refractivity contribution is 0.480. The van der Waals surface area contributed by atoms with Crippen molar-refractivity contribution in [3.8, 4) is 17.6 Å². The smallest absolute Gasteiger partial charge is 0.147 e. The van der Waals surface area contributed by atoms with Gasteiger partial charge in [0.15, 0.2) is 0 Å². The Morgan fingerprint density at radius 1 is 1.10 bits per heavy atom. The van der Waals surface area contributed by atoms with Crippen LogP contribution in [-0.2, 0) is 0 Å². The van der Waals surface area contributed by atoms with E-state index in [4.69, 9.17) is 39.5 Å². The van der Waals surface area contributed by atoms with Crippen molar-refractivity contribution >= 4 is 46.6 Å². The Morgan fingerprint density at radius 3 is 2.48 bits per heavy atom. The Bertz CT molecular complexity index is 713. The lowest BCUT2D eigenvalue weighted by Crippen LogP contribution is -1.92. The maximum absolute atomic E-state index is 9.35. The molecule has 0 heterocycles. The summed E-state index contributed by atoms with van der Waals surface area (Å²) in [6, 6.07) is 10.7. The average molecular weight is 359 g/mol. The van der Waals surface area contributed by atoms with Gasteiger partial charge in [-0.25, -0.2) is 0 Å². The molecule has 0 aromatic heterocycles. The van der Waals surface area contributed by atoms with E-state index in [1.54, 1.807) is 17.8 Å². The third kappa shape index (κ3) is 3.78. The second-order valence-electron chi connectivity index (χ2n) is 3.97. The van der Waals surface area contributed by atoms with Gasteiger partial charge in [0.05, 0.1) is 15.1 Å². The molecule has 0 radical (unpaired) electrons. The van der Waals surface area contributed by atoms with Crippen LogP contribution in [0, 0.1) is 11.3 Å². The van der Waals surface area contributed by atoms with Crippen molar-refractivity contribution in [3.05, 3.63) is 51.0 Å². The van der Waals surface area contributed by atoms with Gasteiger partial charge in [0, 0.05) is 11.0 Å². The molecule has 0 spiro atoms. The van der Waals surface area contributed by atoms with Crippen molar-refractivity contribution in [1.29, 1.82) is 5.26 Å². The van der Waals surface area contributed by atoms with Gasteiger partial charge >= 0.3 is 0 Å². The molecule has 0 aliphatic heterocycles. The molecule has 21 heavy (non-hydrogen) atoms. The lowest BCUT2D eigenvalue weighted by Gasteiger charge is -2.12. The standard InChI is InChI=1S/C15H10Cl3NOS/c1-2-21-15-5-3-4-13(9(15)8-19)20-14-7-11(17)10(16)6-12(14)18/h3-7H,2H2,1H3. The maximum Gasteiger partial charge on any atom is 0.147 e. The van der Waals surface area contributed by atoms with E-state index in [9.17, 15) is 5.26 Å². The lowest BCUT2D eigenvalue weighted by atomic mass is 10.2. The van der Waals surface area contributed by atoms with E-state index in [0.29, 0.717) is 32.1 Å². The van der Waals surface area contributed by atoms with Crippen molar-refractivity contribution in [1.82, 2.24) is 0 Å². The monoisotopic (exact) mass is 357 g/mol. The zero-order valence-electron chi connectivity index (χ0n) is 11.0. The number of thioether (sulfide) groups is 1. The zero-order valence-corrected chi connectivity index (χ0v) is 14.1. The summed E-state index contributed by atoms with van der Waals surface area (Å²) in [4.78, 5) is 0.869. The van der Waals surface area contributed by atoms with Crippen molar-refractivity contribution in [2.45, 2.75) is 11.8 Å². The maximum atomic E-state index is 9.35. The Balaban J connectivity index is 2.43. The number of nitriles is 1. The molecule has 2 aromatic rings. The first kappa shape index (κ1) is 16.3. The summed E-state index contributed by atoms with van der Waals surface area (Å²) in [6.45, 7) is 2.02. The van der Waals surface area contributed by atoms with Gasteiger partial charge in [0.1, 0.15) is 23.1 Å². The van der Waals surface area contributed by atoms with Gasteiger partial charge in [0.2, 0.25) is 0 Å². The van der Waals surface area contributed by atoms with Crippen LogP contribution < -0.4 is 4.74 Å². The fourth-order valence-electron chi connectivity index (χ4n) is 1.68. The van der Waals surface area contributed by atoms with E-state index >= 15 is 0 Å². The highest BCUT2D eigenvalue weighted by atomic mass is 35.5. The highest BCUT2D eigenvalue weighted by Crippen LogP contribution is 2.38. The first-order valence-corrected chi connectivity index (χ1v) is 8.17. The quantitative estimate of drug-likeness (QED) is 0.467. The highest BCUT2D eigenvalue weighted by molar-refractivity contribution is 7.99. The molecule has 0 amide bonds. The van der Waals surface area contributed by atoms with Gasteiger partial charge < -0.3 is 4.74 Å². The summed E-state index contributed by atoms with van der Waals surface area (Å²) in [6.07, 6.45) is 0. The Morgan fingerprint density at radius 2 is 1.81 bits per heavy atom. The normalized spacial score (nSPS) is 10.2. The molecule has 0 atom stereocenters. The number of hydrogen-bond donors (Lipinski definition) is 0. The third-order valence-electron chi connectivity index (χ3n) is 2.59. The minimum absolute atomic E-state index is 0.335. The highest BCUT2D eigenvalue weighted by Gasteiger charge is 2.13. The number of nitrogens with zero attached hydrogens (tertiary/aromatic N) is 1. The van der Waals surface area contributed by atoms with Gasteiger partial charge in [-0.15, -0.1) is 11.8 Å². The van der Waals surface area contributed by atoms with E-state index in [1.807, 2.05) is 19.1 Å². The molecule has 2 rings (SSSR count). The average Bonchev–Trinajstić information content (AvgIpc) is 2.45. The SMILES string of the molecule is CCSc1cccc(Oc2cc(Cl)c(Cl)cc2Cl)c1C#N. The van der Waals surface area contributed by atoms with Gasteiger partial charge in [-0.2, -0.15) is 5.26 Å². The predicted molar refractivity (Wildman–Crippen MR) is 89.1 cm³/mol. The van der Waals surface area contributed by atoms with E-state index in [-0.39, 0.29) is 0 Å². The number of hydrogen-bond acceptors (Lipinski definition) is 3. The third-order valence-corrected chi connectivity index (χ3v) is 4.55. The topological polar surface area (TPSA) is 33.0 Å². The number of benzene rings is 2. The summed E-state index contributed by atoms with van der Waals surface area (Å²) >= 11 is 19.5. The zero-order chi connectivity index (χ0) is 15.4. The van der Waals surface area contributed by atoms with Crippen LogP contribution in [0.3, 0.4) is 0 Å². The number of ether oxygens (including phenoxy) is 1. The second kappa shape index (κ2) is 7.29. The summed E-state index contributed by atoms with van der Waals surface area (Å²) < 4.78 is 5.74. The first-order valence-electron chi connectivity index (χ1n) is 6.05. The molecule has 6 heteroatoms. The molecule has 0 unspecified atom stereocenters. The van der Waals surface area contributed by atoms with Crippen LogP contribution >= 0.6 is 46.6 Å². The van der Waals surface area contributed by atoms with Crippen LogP contribution in [0.4, 0.5) is 0 Å². The van der Waals surface area contributed by atoms with E-state index in [2.05, 4.69) is 6.07 Å². The summed E-state index contributed by atoms with van der Waals surface area (Å²) in [5.74, 6) is 1.67. The largest absolute Gasteiger partial charge is 0.454 e. The second-order valence-corrected chi connectivity index (χ2v) is 6.50. The molecule has 0 fully saturated rings. The molecule has 108 valence electrons. The summed E-state index contributed by atoms with van der Waals surface area (Å²) in [7, 11) is 0. The van der Waals surface area contributed by atoms with Gasteiger partial charge in [-0.05, 0) is 24.0 Å². The molecule has 0 saturated carbocycles. The number of halogens is 3. The Hall–Kier alpha value is -1.05. The summed E-state index contributed by atoms with van der Waals surface area (Å²) in [5, 5.41) is 10.4. The van der Waals surface area contributed by atoms with Crippen molar-refractivity contribution in [3.63, 3.8) is 0 Å². The van der Waals surface area contributed by atoms with Crippen LogP contribution in [0.15, 0.2) is 35.2 Å². The molecular formula is C15H10Cl3NOS. The molecule has 0 bridgehead atoms. The van der Waals surface area contributed by atoms with Crippen LogP contribution in [0.2, 0.25) is 15.1 Å². The molecule has 2 nitrogen and oxygen atoms in total. The molecule has 2 aromatic carbocycles. The molecule has 0 aliphatic rings. The molecule has 0 aliphatic carbocycles. The van der Waals surface area contributed by atoms with Crippen LogP contribution in [-0.4, -0.2) is 5.75 Å². The molecule has 0 N–H and O–H groups in total. The summed E-state index contributed by atoms with van der Waals surface area (Å²) in [5.41, 5.74) is 0.478. The minimum Gasteiger partial charge on any atom is -0.454 e. The first-order chi connectivity index (χ1) is 10.1. The van der Waals surface area contributed by atoms with Crippen LogP contribution in [0.1, 0.15) is 12.5 Å². The van der Waals surface area contributed by atoms with Gasteiger partial charge in [-0.3, -0.25) is 0 Å². The molecular weight excluding hydrogens is 349 g/mol. The van der Waals surface area contributed by atoms with Gasteiger partial charge in [0.25, 0.3) is 0 Å². The van der Waals surface area contributed by atoms with Crippen molar-refractivity contribution in [2.24, 2.45) is 0 Å². The van der Waals surface area contributed by atoms with E-state index < -0.39 is 0 Å². The number of rotatable bonds is 4.